The van der Waals surface area contributed by atoms with Crippen LogP contribution in [0.25, 0.3) is 0 Å². The maximum atomic E-state index is 11.5. The van der Waals surface area contributed by atoms with Gasteiger partial charge in [0.2, 0.25) is 0 Å². The van der Waals surface area contributed by atoms with Gasteiger partial charge in [-0.15, -0.1) is 0 Å². The Bertz CT molecular complexity index is 641. The molecule has 3 nitrogen and oxygen atoms in total. The molecular weight excluding hydrogens is 334 g/mol. The number of nitrogens with zero attached hydrogens (tertiary/aromatic N) is 1. The summed E-state index contributed by atoms with van der Waals surface area (Å²) in [5.41, 5.74) is -0.618. The molecule has 3 heterocycles. The smallest absolute Gasteiger partial charge is 0.151 e. The fraction of sp³-hybridized carbons (Fsp3) is 0.667. The number of hydrogen-bond donors (Lipinski definition) is 1. The van der Waals surface area contributed by atoms with Crippen molar-refractivity contribution < 1.29 is 9.84 Å². The highest BCUT2D eigenvalue weighted by atomic mass is 16.5. The molecule has 3 aliphatic heterocycles. The van der Waals surface area contributed by atoms with Crippen LogP contribution in [0.1, 0.15) is 63.9 Å². The number of rotatable bonds is 8. The lowest BCUT2D eigenvalue weighted by Gasteiger charge is -2.49. The maximum absolute atomic E-state index is 11.5. The lowest BCUT2D eigenvalue weighted by molar-refractivity contribution is -0.0965. The second kappa shape index (κ2) is 9.24. The normalized spacial score (nSPS) is 29.0. The second-order valence-corrected chi connectivity index (χ2v) is 8.28. The molecule has 148 valence electrons. The Balaban J connectivity index is 1.80. The summed E-state index contributed by atoms with van der Waals surface area (Å²) in [5.74, 6) is 7.22. The van der Waals surface area contributed by atoms with Crippen molar-refractivity contribution in [2.75, 3.05) is 26.7 Å². The van der Waals surface area contributed by atoms with Gasteiger partial charge in [0.1, 0.15) is 5.60 Å². The van der Waals surface area contributed by atoms with Gasteiger partial charge in [-0.05, 0) is 44.3 Å². The third kappa shape index (κ3) is 4.74. The molecule has 0 saturated carbocycles. The number of piperidine rings is 3. The molecule has 4 rings (SSSR count). The Labute approximate surface area is 165 Å². The average molecular weight is 370 g/mol. The molecule has 3 aliphatic rings. The van der Waals surface area contributed by atoms with Crippen LogP contribution in [0.15, 0.2) is 30.3 Å². The molecule has 2 bridgehead atoms. The average Bonchev–Trinajstić information content (AvgIpc) is 2.73. The van der Waals surface area contributed by atoms with Crippen molar-refractivity contribution >= 4 is 0 Å². The van der Waals surface area contributed by atoms with Crippen LogP contribution >= 0.6 is 0 Å². The molecule has 0 aliphatic carbocycles. The molecule has 3 saturated heterocycles. The predicted octanol–water partition coefficient (Wildman–Crippen LogP) is 4.35. The van der Waals surface area contributed by atoms with E-state index in [1.54, 1.807) is 7.11 Å². The van der Waals surface area contributed by atoms with E-state index in [0.717, 1.165) is 50.9 Å². The highest BCUT2D eigenvalue weighted by molar-refractivity contribution is 5.34. The van der Waals surface area contributed by atoms with E-state index in [-0.39, 0.29) is 0 Å². The number of unbranched alkanes of at least 4 members (excludes halogenated alkanes) is 4. The topological polar surface area (TPSA) is 32.7 Å². The molecule has 0 spiro atoms. The van der Waals surface area contributed by atoms with Crippen LogP contribution in [0.4, 0.5) is 0 Å². The minimum absolute atomic E-state index is 0.429. The van der Waals surface area contributed by atoms with E-state index >= 15 is 0 Å². The van der Waals surface area contributed by atoms with Crippen LogP contribution in [0, 0.1) is 17.8 Å². The third-order valence-electron chi connectivity index (χ3n) is 6.44. The maximum Gasteiger partial charge on any atom is 0.151 e. The number of ether oxygens (including phenoxy) is 1. The lowest BCUT2D eigenvalue weighted by Crippen LogP contribution is -2.59. The van der Waals surface area contributed by atoms with E-state index in [0.29, 0.717) is 12.3 Å². The number of hydrogen-bond acceptors (Lipinski definition) is 3. The summed E-state index contributed by atoms with van der Waals surface area (Å²) in [5, 5.41) is 11.5. The highest BCUT2D eigenvalue weighted by Crippen LogP contribution is 2.38. The highest BCUT2D eigenvalue weighted by Gasteiger charge is 2.46. The first-order chi connectivity index (χ1) is 13.1. The Morgan fingerprint density at radius 3 is 2.44 bits per heavy atom. The molecule has 0 radical (unpaired) electrons. The SMILES string of the molecule is CCCCCCCC(O)(C#C[C@@]1(OC)CN2CCC1CC2)c1ccccc1. The van der Waals surface area contributed by atoms with Gasteiger partial charge in [0.05, 0.1) is 0 Å². The molecular formula is C24H35NO2. The van der Waals surface area contributed by atoms with E-state index in [1.807, 2.05) is 30.3 Å². The van der Waals surface area contributed by atoms with Gasteiger partial charge in [0, 0.05) is 19.6 Å². The van der Waals surface area contributed by atoms with Gasteiger partial charge in [0.25, 0.3) is 0 Å². The fourth-order valence-corrected chi connectivity index (χ4v) is 4.63. The van der Waals surface area contributed by atoms with Crippen molar-refractivity contribution in [1.82, 2.24) is 4.90 Å². The Morgan fingerprint density at radius 2 is 1.85 bits per heavy atom. The standard InChI is InChI=1S/C24H35NO2/c1-3-4-5-6-10-15-23(26,21-11-8-7-9-12-21)16-17-24(27-2)20-25-18-13-22(24)14-19-25/h7-9,11-12,22,26H,3-6,10,13-15,18-20H2,1-2H3/t23?,24-/m1/s1. The van der Waals surface area contributed by atoms with Gasteiger partial charge < -0.3 is 9.84 Å². The van der Waals surface area contributed by atoms with Crippen LogP contribution in [0.2, 0.25) is 0 Å². The van der Waals surface area contributed by atoms with Crippen LogP contribution in [-0.4, -0.2) is 42.4 Å². The van der Waals surface area contributed by atoms with Crippen LogP contribution < -0.4 is 0 Å². The molecule has 27 heavy (non-hydrogen) atoms. The summed E-state index contributed by atoms with van der Waals surface area (Å²) in [7, 11) is 1.78. The summed E-state index contributed by atoms with van der Waals surface area (Å²) in [6, 6.07) is 9.95. The van der Waals surface area contributed by atoms with E-state index in [2.05, 4.69) is 23.7 Å². The molecule has 1 unspecified atom stereocenters. The Hall–Kier alpha value is -1.34. The summed E-state index contributed by atoms with van der Waals surface area (Å²) >= 11 is 0. The first-order valence-corrected chi connectivity index (χ1v) is 10.7. The van der Waals surface area contributed by atoms with Crippen molar-refractivity contribution in [2.45, 2.75) is 69.5 Å². The van der Waals surface area contributed by atoms with Crippen molar-refractivity contribution in [2.24, 2.45) is 5.92 Å². The van der Waals surface area contributed by atoms with Gasteiger partial charge in [0.15, 0.2) is 5.60 Å². The number of methoxy groups -OCH3 is 1. The van der Waals surface area contributed by atoms with E-state index < -0.39 is 11.2 Å². The molecule has 0 aromatic heterocycles. The van der Waals surface area contributed by atoms with Crippen molar-refractivity contribution in [3.8, 4) is 11.8 Å². The first kappa shape index (κ1) is 20.4. The molecule has 1 aromatic carbocycles. The number of benzene rings is 1. The second-order valence-electron chi connectivity index (χ2n) is 8.28. The summed E-state index contributed by atoms with van der Waals surface area (Å²) < 4.78 is 5.98. The van der Waals surface area contributed by atoms with Gasteiger partial charge in [-0.2, -0.15) is 0 Å². The van der Waals surface area contributed by atoms with Gasteiger partial charge in [-0.1, -0.05) is 74.8 Å². The van der Waals surface area contributed by atoms with Crippen LogP contribution in [0.5, 0.6) is 0 Å². The van der Waals surface area contributed by atoms with Crippen molar-refractivity contribution in [3.05, 3.63) is 35.9 Å². The first-order valence-electron chi connectivity index (χ1n) is 10.7. The fourth-order valence-electron chi connectivity index (χ4n) is 4.63. The van der Waals surface area contributed by atoms with Gasteiger partial charge >= 0.3 is 0 Å². The quantitative estimate of drug-likeness (QED) is 0.546. The van der Waals surface area contributed by atoms with E-state index in [9.17, 15) is 5.11 Å². The predicted molar refractivity (Wildman–Crippen MR) is 110 cm³/mol. The van der Waals surface area contributed by atoms with Crippen LogP contribution in [-0.2, 0) is 10.3 Å². The monoisotopic (exact) mass is 369 g/mol. The zero-order valence-corrected chi connectivity index (χ0v) is 17.0. The Kier molecular flexibility index (Phi) is 6.98. The number of aliphatic hydroxyl groups is 1. The minimum Gasteiger partial charge on any atom is -0.373 e. The van der Waals surface area contributed by atoms with E-state index in [1.165, 1.54) is 19.3 Å². The molecule has 0 amide bonds. The summed E-state index contributed by atoms with van der Waals surface area (Å²) in [6.07, 6.45) is 8.84. The zero-order valence-electron chi connectivity index (χ0n) is 17.0. The third-order valence-corrected chi connectivity index (χ3v) is 6.44. The number of fused-ring (bicyclic) bond motifs is 3. The van der Waals surface area contributed by atoms with Crippen molar-refractivity contribution in [1.29, 1.82) is 0 Å². The van der Waals surface area contributed by atoms with Crippen molar-refractivity contribution in [3.63, 3.8) is 0 Å². The summed E-state index contributed by atoms with van der Waals surface area (Å²) in [4.78, 5) is 2.45. The molecule has 2 atom stereocenters. The lowest BCUT2D eigenvalue weighted by atomic mass is 9.75. The molecule has 1 aromatic rings. The van der Waals surface area contributed by atoms with Crippen LogP contribution in [0.3, 0.4) is 0 Å². The van der Waals surface area contributed by atoms with E-state index in [4.69, 9.17) is 4.74 Å². The zero-order chi connectivity index (χ0) is 19.2. The molecule has 1 N–H and O–H groups in total. The van der Waals surface area contributed by atoms with Gasteiger partial charge in [-0.25, -0.2) is 0 Å². The largest absolute Gasteiger partial charge is 0.373 e. The molecule has 3 fully saturated rings. The minimum atomic E-state index is -1.09. The van der Waals surface area contributed by atoms with Gasteiger partial charge in [-0.3, -0.25) is 4.90 Å². The molecule has 3 heteroatoms. The Morgan fingerprint density at radius 1 is 1.15 bits per heavy atom. The summed E-state index contributed by atoms with van der Waals surface area (Å²) in [6.45, 7) is 5.39.